The van der Waals surface area contributed by atoms with E-state index in [9.17, 15) is 9.18 Å². The van der Waals surface area contributed by atoms with E-state index in [0.29, 0.717) is 11.1 Å². The Bertz CT molecular complexity index is 442. The minimum atomic E-state index is -0.463. The Kier molecular flexibility index (Phi) is 3.12. The molecule has 1 amide bonds. The standard InChI is InChI=1S/C12H13BrFNO2/c1-12(2)6-17-11(16)15-10(12)7-3-8(13)5-9(14)4-7/h3-5,10H,6H2,1-2H3,(H,15,16)/t10-/m1/s1. The lowest BCUT2D eigenvalue weighted by molar-refractivity contribution is 0.0386. The predicted molar refractivity (Wildman–Crippen MR) is 65.1 cm³/mol. The Morgan fingerprint density at radius 1 is 1.47 bits per heavy atom. The van der Waals surface area contributed by atoms with Gasteiger partial charge in [-0.2, -0.15) is 0 Å². The molecule has 1 saturated heterocycles. The van der Waals surface area contributed by atoms with Crippen molar-refractivity contribution in [3.63, 3.8) is 0 Å². The molecule has 1 heterocycles. The molecule has 0 spiro atoms. The van der Waals surface area contributed by atoms with Gasteiger partial charge in [0.25, 0.3) is 0 Å². The fraction of sp³-hybridized carbons (Fsp3) is 0.417. The van der Waals surface area contributed by atoms with Crippen molar-refractivity contribution in [3.05, 3.63) is 34.1 Å². The molecule has 3 nitrogen and oxygen atoms in total. The molecule has 0 bridgehead atoms. The van der Waals surface area contributed by atoms with E-state index >= 15 is 0 Å². The van der Waals surface area contributed by atoms with Crippen molar-refractivity contribution in [2.24, 2.45) is 5.41 Å². The number of halogens is 2. The molecule has 17 heavy (non-hydrogen) atoms. The van der Waals surface area contributed by atoms with Crippen LogP contribution in [0.4, 0.5) is 9.18 Å². The number of cyclic esters (lactones) is 1. The van der Waals surface area contributed by atoms with Gasteiger partial charge in [-0.1, -0.05) is 29.8 Å². The maximum atomic E-state index is 13.4. The number of nitrogens with one attached hydrogen (secondary N) is 1. The molecule has 0 aliphatic carbocycles. The van der Waals surface area contributed by atoms with Gasteiger partial charge in [0.2, 0.25) is 0 Å². The zero-order valence-electron chi connectivity index (χ0n) is 9.59. The first-order valence-corrected chi connectivity index (χ1v) is 6.07. The summed E-state index contributed by atoms with van der Waals surface area (Å²) in [7, 11) is 0. The SMILES string of the molecule is CC1(C)COC(=O)N[C@@H]1c1cc(F)cc(Br)c1. The molecule has 92 valence electrons. The summed E-state index contributed by atoms with van der Waals surface area (Å²) in [4.78, 5) is 11.3. The van der Waals surface area contributed by atoms with Crippen molar-refractivity contribution in [2.75, 3.05) is 6.61 Å². The van der Waals surface area contributed by atoms with Crippen LogP contribution >= 0.6 is 15.9 Å². The van der Waals surface area contributed by atoms with Crippen LogP contribution < -0.4 is 5.32 Å². The molecule has 0 aromatic heterocycles. The quantitative estimate of drug-likeness (QED) is 0.863. The van der Waals surface area contributed by atoms with Crippen LogP contribution in [0, 0.1) is 11.2 Å². The number of benzene rings is 1. The zero-order chi connectivity index (χ0) is 12.6. The summed E-state index contributed by atoms with van der Waals surface area (Å²) in [6.07, 6.45) is -0.463. The van der Waals surface area contributed by atoms with E-state index in [1.165, 1.54) is 12.1 Å². The maximum Gasteiger partial charge on any atom is 0.407 e. The van der Waals surface area contributed by atoms with Crippen LogP contribution in [0.25, 0.3) is 0 Å². The van der Waals surface area contributed by atoms with E-state index in [2.05, 4.69) is 21.2 Å². The smallest absolute Gasteiger partial charge is 0.407 e. The van der Waals surface area contributed by atoms with Gasteiger partial charge < -0.3 is 10.1 Å². The molecule has 1 N–H and O–H groups in total. The molecule has 5 heteroatoms. The maximum absolute atomic E-state index is 13.4. The van der Waals surface area contributed by atoms with Crippen LogP contribution in [-0.2, 0) is 4.74 Å². The molecule has 1 aromatic carbocycles. The first kappa shape index (κ1) is 12.4. The van der Waals surface area contributed by atoms with E-state index in [1.54, 1.807) is 6.07 Å². The first-order valence-electron chi connectivity index (χ1n) is 5.28. The molecule has 1 aliphatic heterocycles. The van der Waals surface area contributed by atoms with Crippen LogP contribution in [0.1, 0.15) is 25.5 Å². The lowest BCUT2D eigenvalue weighted by atomic mass is 9.80. The number of amides is 1. The van der Waals surface area contributed by atoms with Crippen molar-refractivity contribution >= 4 is 22.0 Å². The molecule has 1 aliphatic rings. The third kappa shape index (κ3) is 2.60. The predicted octanol–water partition coefficient (Wildman–Crippen LogP) is 3.40. The topological polar surface area (TPSA) is 38.3 Å². The summed E-state index contributed by atoms with van der Waals surface area (Å²) in [5, 5.41) is 2.73. The summed E-state index contributed by atoms with van der Waals surface area (Å²) in [6.45, 7) is 4.25. The Hall–Kier alpha value is -1.10. The van der Waals surface area contributed by atoms with Gasteiger partial charge in [-0.15, -0.1) is 0 Å². The largest absolute Gasteiger partial charge is 0.449 e. The van der Waals surface area contributed by atoms with Gasteiger partial charge >= 0.3 is 6.09 Å². The van der Waals surface area contributed by atoms with Crippen LogP contribution in [-0.4, -0.2) is 12.7 Å². The van der Waals surface area contributed by atoms with Crippen molar-refractivity contribution < 1.29 is 13.9 Å². The molecule has 1 atom stereocenters. The van der Waals surface area contributed by atoms with Crippen LogP contribution in [0.3, 0.4) is 0 Å². The van der Waals surface area contributed by atoms with Crippen molar-refractivity contribution in [1.29, 1.82) is 0 Å². The highest BCUT2D eigenvalue weighted by Gasteiger charge is 2.38. The molecule has 0 unspecified atom stereocenters. The van der Waals surface area contributed by atoms with Crippen molar-refractivity contribution in [2.45, 2.75) is 19.9 Å². The second-order valence-electron chi connectivity index (χ2n) is 4.84. The number of carbonyl (C=O) groups excluding carboxylic acids is 1. The van der Waals surface area contributed by atoms with Crippen molar-refractivity contribution in [3.8, 4) is 0 Å². The molecule has 0 radical (unpaired) electrons. The highest BCUT2D eigenvalue weighted by Crippen LogP contribution is 2.37. The first-order chi connectivity index (χ1) is 7.88. The summed E-state index contributed by atoms with van der Waals surface area (Å²) < 4.78 is 19.0. The highest BCUT2D eigenvalue weighted by molar-refractivity contribution is 9.10. The lowest BCUT2D eigenvalue weighted by Gasteiger charge is -2.38. The van der Waals surface area contributed by atoms with Crippen LogP contribution in [0.2, 0.25) is 0 Å². The Balaban J connectivity index is 2.39. The second-order valence-corrected chi connectivity index (χ2v) is 5.76. The Morgan fingerprint density at radius 2 is 2.18 bits per heavy atom. The molecule has 1 fully saturated rings. The van der Waals surface area contributed by atoms with E-state index in [4.69, 9.17) is 4.74 Å². The molecule has 1 aromatic rings. The van der Waals surface area contributed by atoms with E-state index in [1.807, 2.05) is 13.8 Å². The summed E-state index contributed by atoms with van der Waals surface area (Å²) in [6, 6.07) is 4.37. The lowest BCUT2D eigenvalue weighted by Crippen LogP contribution is -2.46. The number of carbonyl (C=O) groups is 1. The molecular weight excluding hydrogens is 289 g/mol. The Morgan fingerprint density at radius 3 is 2.82 bits per heavy atom. The molecule has 2 rings (SSSR count). The van der Waals surface area contributed by atoms with Crippen LogP contribution in [0.5, 0.6) is 0 Å². The van der Waals surface area contributed by atoms with E-state index in [-0.39, 0.29) is 17.3 Å². The molecular formula is C12H13BrFNO2. The number of alkyl carbamates (subject to hydrolysis) is 1. The normalized spacial score (nSPS) is 22.8. The number of rotatable bonds is 1. The van der Waals surface area contributed by atoms with Gasteiger partial charge in [-0.3, -0.25) is 0 Å². The summed E-state index contributed by atoms with van der Waals surface area (Å²) >= 11 is 3.25. The van der Waals surface area contributed by atoms with E-state index < -0.39 is 6.09 Å². The average Bonchev–Trinajstić information content (AvgIpc) is 2.20. The minimum absolute atomic E-state index is 0.254. The monoisotopic (exact) mass is 301 g/mol. The fourth-order valence-corrected chi connectivity index (χ4v) is 2.45. The number of hydrogen-bond donors (Lipinski definition) is 1. The van der Waals surface area contributed by atoms with Gasteiger partial charge in [0.15, 0.2) is 0 Å². The summed E-state index contributed by atoms with van der Waals surface area (Å²) in [5.74, 6) is -0.328. The van der Waals surface area contributed by atoms with Crippen LogP contribution in [0.15, 0.2) is 22.7 Å². The fourth-order valence-electron chi connectivity index (χ4n) is 1.97. The third-order valence-electron chi connectivity index (χ3n) is 2.84. The van der Waals surface area contributed by atoms with Gasteiger partial charge in [0.05, 0.1) is 6.04 Å². The highest BCUT2D eigenvalue weighted by atomic mass is 79.9. The minimum Gasteiger partial charge on any atom is -0.449 e. The zero-order valence-corrected chi connectivity index (χ0v) is 11.2. The molecule has 0 saturated carbocycles. The average molecular weight is 302 g/mol. The van der Waals surface area contributed by atoms with Gasteiger partial charge in [0.1, 0.15) is 12.4 Å². The van der Waals surface area contributed by atoms with Crippen molar-refractivity contribution in [1.82, 2.24) is 5.32 Å². The number of hydrogen-bond acceptors (Lipinski definition) is 2. The summed E-state index contributed by atoms with van der Waals surface area (Å²) in [5.41, 5.74) is 0.458. The third-order valence-corrected chi connectivity index (χ3v) is 3.29. The van der Waals surface area contributed by atoms with Gasteiger partial charge in [-0.05, 0) is 23.8 Å². The number of ether oxygens (including phenoxy) is 1. The van der Waals surface area contributed by atoms with E-state index in [0.717, 1.165) is 5.56 Å². The second kappa shape index (κ2) is 4.29. The Labute approximate surface area is 107 Å². The van der Waals surface area contributed by atoms with Gasteiger partial charge in [0, 0.05) is 9.89 Å². The van der Waals surface area contributed by atoms with Gasteiger partial charge in [-0.25, -0.2) is 9.18 Å².